The number of nitrogens with zero attached hydrogens (tertiary/aromatic N) is 4. The summed E-state index contributed by atoms with van der Waals surface area (Å²) in [6, 6.07) is 2.48. The number of benzene rings is 1. The van der Waals surface area contributed by atoms with Gasteiger partial charge in [-0.2, -0.15) is 0 Å². The molecule has 28 heavy (non-hydrogen) atoms. The minimum atomic E-state index is -0.900. The van der Waals surface area contributed by atoms with Crippen LogP contribution >= 0.6 is 0 Å². The molecule has 0 saturated carbocycles. The molecule has 6 nitrogen and oxygen atoms in total. The summed E-state index contributed by atoms with van der Waals surface area (Å²) in [4.78, 5) is 25.7. The molecule has 0 spiro atoms. The highest BCUT2D eigenvalue weighted by atomic mass is 19.2. The Morgan fingerprint density at radius 1 is 1.14 bits per heavy atom. The van der Waals surface area contributed by atoms with Gasteiger partial charge in [0.15, 0.2) is 11.6 Å². The summed E-state index contributed by atoms with van der Waals surface area (Å²) in [6.07, 6.45) is 1.35. The highest BCUT2D eigenvalue weighted by molar-refractivity contribution is 5.91. The highest BCUT2D eigenvalue weighted by Gasteiger charge is 2.28. The lowest BCUT2D eigenvalue weighted by Gasteiger charge is -2.29. The third kappa shape index (κ3) is 3.32. The molecule has 2 aliphatic rings. The van der Waals surface area contributed by atoms with E-state index in [1.165, 1.54) is 12.1 Å². The van der Waals surface area contributed by atoms with E-state index in [1.807, 2.05) is 13.8 Å². The predicted molar refractivity (Wildman–Crippen MR) is 101 cm³/mol. The number of anilines is 1. The molecule has 2 aliphatic heterocycles. The fraction of sp³-hybridized carbons (Fsp3) is 0.450. The SMILES string of the molecule is Cc1nc(C(=O)N2CCc3cc(F)c(F)cc3C2)nc(N2CC[C@@H](N)C2)c1C. The molecule has 148 valence electrons. The first-order valence-corrected chi connectivity index (χ1v) is 9.45. The monoisotopic (exact) mass is 387 g/mol. The molecule has 2 aromatic rings. The second-order valence-electron chi connectivity index (χ2n) is 7.59. The summed E-state index contributed by atoms with van der Waals surface area (Å²) in [7, 11) is 0. The molecule has 1 saturated heterocycles. The number of nitrogens with two attached hydrogens (primary N) is 1. The first kappa shape index (κ1) is 18.7. The van der Waals surface area contributed by atoms with Crippen molar-refractivity contribution in [2.45, 2.75) is 39.3 Å². The maximum absolute atomic E-state index is 13.6. The topological polar surface area (TPSA) is 75.4 Å². The average Bonchev–Trinajstić information content (AvgIpc) is 3.10. The largest absolute Gasteiger partial charge is 0.355 e. The van der Waals surface area contributed by atoms with Crippen molar-refractivity contribution >= 4 is 11.7 Å². The Hall–Kier alpha value is -2.61. The quantitative estimate of drug-likeness (QED) is 0.854. The summed E-state index contributed by atoms with van der Waals surface area (Å²) in [5.41, 5.74) is 9.05. The van der Waals surface area contributed by atoms with Gasteiger partial charge in [0.05, 0.1) is 0 Å². The number of aryl methyl sites for hydroxylation is 1. The number of hydrogen-bond acceptors (Lipinski definition) is 5. The molecule has 0 aliphatic carbocycles. The van der Waals surface area contributed by atoms with Gasteiger partial charge in [0.1, 0.15) is 5.82 Å². The molecule has 2 N–H and O–H groups in total. The lowest BCUT2D eigenvalue weighted by molar-refractivity contribution is 0.0721. The summed E-state index contributed by atoms with van der Waals surface area (Å²) in [6.45, 7) is 5.93. The third-order valence-corrected chi connectivity index (χ3v) is 5.62. The lowest BCUT2D eigenvalue weighted by atomic mass is 9.99. The Morgan fingerprint density at radius 3 is 2.54 bits per heavy atom. The van der Waals surface area contributed by atoms with E-state index in [-0.39, 0.29) is 24.3 Å². The van der Waals surface area contributed by atoms with E-state index in [0.29, 0.717) is 25.1 Å². The third-order valence-electron chi connectivity index (χ3n) is 5.62. The van der Waals surface area contributed by atoms with Crippen LogP contribution in [-0.2, 0) is 13.0 Å². The van der Waals surface area contributed by atoms with E-state index >= 15 is 0 Å². The second-order valence-corrected chi connectivity index (χ2v) is 7.59. The second kappa shape index (κ2) is 7.09. The van der Waals surface area contributed by atoms with Gasteiger partial charge in [-0.3, -0.25) is 4.79 Å². The van der Waals surface area contributed by atoms with Crippen LogP contribution in [0.1, 0.15) is 39.4 Å². The molecule has 1 amide bonds. The standard InChI is InChI=1S/C20H23F2N5O/c1-11-12(2)24-18(25-19(11)26-6-4-15(23)10-26)20(28)27-5-3-13-7-16(21)17(22)8-14(13)9-27/h7-8,15H,3-6,9-10,23H2,1-2H3/t15-/m1/s1. The van der Waals surface area contributed by atoms with Crippen LogP contribution in [0.5, 0.6) is 0 Å². The number of aromatic nitrogens is 2. The zero-order valence-electron chi connectivity index (χ0n) is 16.0. The Labute approximate surface area is 162 Å². The van der Waals surface area contributed by atoms with Gasteiger partial charge in [0.2, 0.25) is 5.82 Å². The van der Waals surface area contributed by atoms with Crippen molar-refractivity contribution in [1.82, 2.24) is 14.9 Å². The molecule has 4 rings (SSSR count). The van der Waals surface area contributed by atoms with Crippen LogP contribution in [-0.4, -0.2) is 46.5 Å². The van der Waals surface area contributed by atoms with Crippen LogP contribution in [0.2, 0.25) is 0 Å². The van der Waals surface area contributed by atoms with Gasteiger partial charge in [0.25, 0.3) is 5.91 Å². The zero-order chi connectivity index (χ0) is 20.0. The molecule has 8 heteroatoms. The predicted octanol–water partition coefficient (Wildman–Crippen LogP) is 2.11. The zero-order valence-corrected chi connectivity index (χ0v) is 16.0. The molecule has 0 radical (unpaired) electrons. The summed E-state index contributed by atoms with van der Waals surface area (Å²) < 4.78 is 27.0. The van der Waals surface area contributed by atoms with Crippen LogP contribution in [0, 0.1) is 25.5 Å². The number of carbonyl (C=O) groups is 1. The van der Waals surface area contributed by atoms with Crippen LogP contribution in [0.15, 0.2) is 12.1 Å². The fourth-order valence-electron chi connectivity index (χ4n) is 3.86. The number of carbonyl (C=O) groups excluding carboxylic acids is 1. The number of halogens is 2. The van der Waals surface area contributed by atoms with Crippen molar-refractivity contribution in [2.75, 3.05) is 24.5 Å². The van der Waals surface area contributed by atoms with Gasteiger partial charge in [-0.25, -0.2) is 18.7 Å². The Bertz CT molecular complexity index is 949. The molecule has 3 heterocycles. The summed E-state index contributed by atoms with van der Waals surface area (Å²) in [5, 5.41) is 0. The van der Waals surface area contributed by atoms with E-state index in [4.69, 9.17) is 5.73 Å². The molecule has 0 bridgehead atoms. The van der Waals surface area contributed by atoms with Gasteiger partial charge in [-0.1, -0.05) is 0 Å². The van der Waals surface area contributed by atoms with E-state index in [2.05, 4.69) is 14.9 Å². The normalized spacial score (nSPS) is 19.1. The maximum atomic E-state index is 13.6. The molecule has 1 aromatic heterocycles. The van der Waals surface area contributed by atoms with Crippen molar-refractivity contribution in [2.24, 2.45) is 5.73 Å². The summed E-state index contributed by atoms with van der Waals surface area (Å²) in [5.74, 6) is -1.19. The maximum Gasteiger partial charge on any atom is 0.292 e. The van der Waals surface area contributed by atoms with Crippen molar-refractivity contribution in [3.05, 3.63) is 52.0 Å². The first-order valence-electron chi connectivity index (χ1n) is 9.45. The highest BCUT2D eigenvalue weighted by Crippen LogP contribution is 2.26. The van der Waals surface area contributed by atoms with Crippen molar-refractivity contribution in [1.29, 1.82) is 0 Å². The number of rotatable bonds is 2. The minimum absolute atomic E-state index is 0.0997. The van der Waals surface area contributed by atoms with Crippen LogP contribution in [0.3, 0.4) is 0 Å². The van der Waals surface area contributed by atoms with Crippen molar-refractivity contribution in [3.63, 3.8) is 0 Å². The molecular formula is C20H23F2N5O. The smallest absolute Gasteiger partial charge is 0.292 e. The minimum Gasteiger partial charge on any atom is -0.355 e. The number of fused-ring (bicyclic) bond motifs is 1. The Kier molecular flexibility index (Phi) is 4.74. The molecule has 1 fully saturated rings. The van der Waals surface area contributed by atoms with Gasteiger partial charge >= 0.3 is 0 Å². The van der Waals surface area contributed by atoms with E-state index in [1.54, 1.807) is 4.90 Å². The van der Waals surface area contributed by atoms with E-state index in [9.17, 15) is 13.6 Å². The molecule has 0 unspecified atom stereocenters. The molecule has 1 atom stereocenters. The van der Waals surface area contributed by atoms with Gasteiger partial charge < -0.3 is 15.5 Å². The van der Waals surface area contributed by atoms with Crippen LogP contribution < -0.4 is 10.6 Å². The van der Waals surface area contributed by atoms with Gasteiger partial charge in [-0.15, -0.1) is 0 Å². The summed E-state index contributed by atoms with van der Waals surface area (Å²) >= 11 is 0. The molecular weight excluding hydrogens is 364 g/mol. The lowest BCUT2D eigenvalue weighted by Crippen LogP contribution is -2.37. The fourth-order valence-corrected chi connectivity index (χ4v) is 3.86. The van der Waals surface area contributed by atoms with Gasteiger partial charge in [-0.05, 0) is 49.9 Å². The Balaban J connectivity index is 1.61. The van der Waals surface area contributed by atoms with Crippen LogP contribution in [0.25, 0.3) is 0 Å². The molecule has 1 aromatic carbocycles. The van der Waals surface area contributed by atoms with E-state index < -0.39 is 11.6 Å². The van der Waals surface area contributed by atoms with Crippen molar-refractivity contribution in [3.8, 4) is 0 Å². The van der Waals surface area contributed by atoms with Gasteiger partial charge in [0, 0.05) is 43.5 Å². The number of amides is 1. The Morgan fingerprint density at radius 2 is 1.86 bits per heavy atom. The average molecular weight is 387 g/mol. The van der Waals surface area contributed by atoms with E-state index in [0.717, 1.165) is 35.6 Å². The number of hydrogen-bond donors (Lipinski definition) is 1. The first-order chi connectivity index (χ1) is 13.3. The van der Waals surface area contributed by atoms with Crippen molar-refractivity contribution < 1.29 is 13.6 Å². The van der Waals surface area contributed by atoms with Crippen LogP contribution in [0.4, 0.5) is 14.6 Å².